The molecule has 0 spiro atoms. The van der Waals surface area contributed by atoms with E-state index in [4.69, 9.17) is 0 Å². The van der Waals surface area contributed by atoms with Crippen molar-refractivity contribution in [2.75, 3.05) is 5.32 Å². The minimum absolute atomic E-state index is 0.493. The number of nitrogens with zero attached hydrogens (tertiary/aromatic N) is 1. The minimum atomic E-state index is 0.493. The zero-order valence-electron chi connectivity index (χ0n) is 10.2. The number of benzene rings is 1. The van der Waals surface area contributed by atoms with Gasteiger partial charge in [0.1, 0.15) is 5.82 Å². The second-order valence-corrected chi connectivity index (χ2v) is 5.01. The molecule has 1 heterocycles. The molecule has 0 radical (unpaired) electrons. The molecule has 0 unspecified atom stereocenters. The van der Waals surface area contributed by atoms with Gasteiger partial charge in [0.15, 0.2) is 0 Å². The minimum Gasteiger partial charge on any atom is -0.367 e. The zero-order chi connectivity index (χ0) is 12.3. The molecule has 2 aromatic rings. The van der Waals surface area contributed by atoms with Crippen molar-refractivity contribution < 1.29 is 0 Å². The van der Waals surface area contributed by atoms with E-state index in [1.165, 1.54) is 10.8 Å². The molecular formula is C14H17BrN2. The first-order valence-electron chi connectivity index (χ1n) is 6.06. The predicted molar refractivity (Wildman–Crippen MR) is 77.4 cm³/mol. The summed E-state index contributed by atoms with van der Waals surface area (Å²) in [6, 6.07) is 8.75. The van der Waals surface area contributed by atoms with Gasteiger partial charge in [0.25, 0.3) is 0 Å². The summed E-state index contributed by atoms with van der Waals surface area (Å²) in [5.41, 5.74) is 0. The first-order valence-corrected chi connectivity index (χ1v) is 6.85. The Morgan fingerprint density at radius 3 is 2.65 bits per heavy atom. The molecule has 0 saturated carbocycles. The predicted octanol–water partition coefficient (Wildman–Crippen LogP) is 4.60. The van der Waals surface area contributed by atoms with Gasteiger partial charge in [-0.3, -0.25) is 0 Å². The van der Waals surface area contributed by atoms with Crippen LogP contribution in [0.25, 0.3) is 10.8 Å². The number of anilines is 1. The van der Waals surface area contributed by atoms with E-state index in [-0.39, 0.29) is 0 Å². The Labute approximate surface area is 111 Å². The molecule has 17 heavy (non-hydrogen) atoms. The maximum atomic E-state index is 4.45. The number of aromatic nitrogens is 1. The lowest BCUT2D eigenvalue weighted by Gasteiger charge is -2.17. The number of nitrogens with one attached hydrogen (secondary N) is 1. The summed E-state index contributed by atoms with van der Waals surface area (Å²) >= 11 is 3.58. The van der Waals surface area contributed by atoms with Crippen molar-refractivity contribution in [3.8, 4) is 0 Å². The smallest absolute Gasteiger partial charge is 0.134 e. The van der Waals surface area contributed by atoms with Crippen molar-refractivity contribution in [2.45, 2.75) is 32.7 Å². The normalized spacial score (nSPS) is 11.1. The average molecular weight is 293 g/mol. The number of fused-ring (bicyclic) bond motifs is 1. The largest absolute Gasteiger partial charge is 0.367 e. The second-order valence-electron chi connectivity index (χ2n) is 4.15. The fraction of sp³-hybridized carbons (Fsp3) is 0.357. The van der Waals surface area contributed by atoms with Gasteiger partial charge in [-0.1, -0.05) is 41.9 Å². The average Bonchev–Trinajstić information content (AvgIpc) is 2.37. The van der Waals surface area contributed by atoms with Crippen LogP contribution in [-0.2, 0) is 0 Å². The van der Waals surface area contributed by atoms with E-state index < -0.39 is 0 Å². The molecule has 0 amide bonds. The summed E-state index contributed by atoms with van der Waals surface area (Å²) in [5.74, 6) is 0.984. The molecule has 0 saturated heterocycles. The van der Waals surface area contributed by atoms with Crippen LogP contribution in [0.5, 0.6) is 0 Å². The van der Waals surface area contributed by atoms with Gasteiger partial charge < -0.3 is 5.32 Å². The molecule has 2 nitrogen and oxygen atoms in total. The van der Waals surface area contributed by atoms with Crippen molar-refractivity contribution in [2.24, 2.45) is 0 Å². The summed E-state index contributed by atoms with van der Waals surface area (Å²) in [5, 5.41) is 5.90. The summed E-state index contributed by atoms with van der Waals surface area (Å²) in [6.07, 6.45) is 4.09. The van der Waals surface area contributed by atoms with E-state index in [1.54, 1.807) is 0 Å². The molecule has 0 aliphatic heterocycles. The number of pyridine rings is 1. The molecule has 0 aliphatic carbocycles. The fourth-order valence-corrected chi connectivity index (χ4v) is 2.47. The van der Waals surface area contributed by atoms with E-state index in [2.05, 4.69) is 52.2 Å². The Hall–Kier alpha value is -1.09. The van der Waals surface area contributed by atoms with Crippen molar-refractivity contribution in [1.82, 2.24) is 4.98 Å². The lowest BCUT2D eigenvalue weighted by atomic mass is 10.1. The summed E-state index contributed by atoms with van der Waals surface area (Å²) in [4.78, 5) is 4.45. The van der Waals surface area contributed by atoms with Crippen LogP contribution >= 0.6 is 15.9 Å². The van der Waals surface area contributed by atoms with E-state index in [0.29, 0.717) is 6.04 Å². The molecule has 2 rings (SSSR count). The first-order chi connectivity index (χ1) is 8.26. The summed E-state index contributed by atoms with van der Waals surface area (Å²) in [6.45, 7) is 4.39. The van der Waals surface area contributed by atoms with Crippen LogP contribution in [0.1, 0.15) is 26.7 Å². The van der Waals surface area contributed by atoms with Crippen LogP contribution in [0, 0.1) is 0 Å². The lowest BCUT2D eigenvalue weighted by Crippen LogP contribution is -2.17. The Bertz CT molecular complexity index is 507. The van der Waals surface area contributed by atoms with E-state index in [9.17, 15) is 0 Å². The molecule has 1 aromatic heterocycles. The summed E-state index contributed by atoms with van der Waals surface area (Å²) in [7, 11) is 0. The topological polar surface area (TPSA) is 24.9 Å². The Balaban J connectivity index is 2.44. The van der Waals surface area contributed by atoms with Gasteiger partial charge in [0.05, 0.1) is 0 Å². The maximum absolute atomic E-state index is 4.45. The number of hydrogen-bond donors (Lipinski definition) is 1. The molecule has 1 aromatic carbocycles. The van der Waals surface area contributed by atoms with Crippen LogP contribution in [0.2, 0.25) is 0 Å². The van der Waals surface area contributed by atoms with Crippen molar-refractivity contribution in [1.29, 1.82) is 0 Å². The van der Waals surface area contributed by atoms with E-state index in [1.807, 2.05) is 18.3 Å². The number of halogens is 1. The zero-order valence-corrected chi connectivity index (χ0v) is 11.8. The second kappa shape index (κ2) is 5.50. The van der Waals surface area contributed by atoms with Crippen LogP contribution in [0.15, 0.2) is 34.9 Å². The third kappa shape index (κ3) is 2.60. The molecule has 3 heteroatoms. The molecule has 0 bridgehead atoms. The van der Waals surface area contributed by atoms with Gasteiger partial charge in [-0.15, -0.1) is 0 Å². The maximum Gasteiger partial charge on any atom is 0.134 e. The van der Waals surface area contributed by atoms with Crippen molar-refractivity contribution in [3.05, 3.63) is 34.9 Å². The van der Waals surface area contributed by atoms with Crippen LogP contribution < -0.4 is 5.32 Å². The van der Waals surface area contributed by atoms with Gasteiger partial charge in [0, 0.05) is 27.5 Å². The highest BCUT2D eigenvalue weighted by molar-refractivity contribution is 9.10. The van der Waals surface area contributed by atoms with Gasteiger partial charge in [-0.05, 0) is 25.0 Å². The highest BCUT2D eigenvalue weighted by Crippen LogP contribution is 2.28. The van der Waals surface area contributed by atoms with Gasteiger partial charge in [0.2, 0.25) is 0 Å². The fourth-order valence-electron chi connectivity index (χ4n) is 1.97. The monoisotopic (exact) mass is 292 g/mol. The van der Waals surface area contributed by atoms with E-state index in [0.717, 1.165) is 23.1 Å². The number of rotatable bonds is 4. The molecule has 1 N–H and O–H groups in total. The quantitative estimate of drug-likeness (QED) is 0.891. The van der Waals surface area contributed by atoms with Crippen LogP contribution in [-0.4, -0.2) is 11.0 Å². The van der Waals surface area contributed by atoms with Crippen LogP contribution in [0.4, 0.5) is 5.82 Å². The highest BCUT2D eigenvalue weighted by Gasteiger charge is 2.08. The van der Waals surface area contributed by atoms with Gasteiger partial charge >= 0.3 is 0 Å². The summed E-state index contributed by atoms with van der Waals surface area (Å²) < 4.78 is 1.12. The lowest BCUT2D eigenvalue weighted by molar-refractivity contribution is 0.669. The van der Waals surface area contributed by atoms with Crippen molar-refractivity contribution >= 4 is 32.5 Å². The molecule has 0 fully saturated rings. The molecule has 90 valence electrons. The Morgan fingerprint density at radius 1 is 1.18 bits per heavy atom. The number of hydrogen-bond acceptors (Lipinski definition) is 2. The van der Waals surface area contributed by atoms with E-state index >= 15 is 0 Å². The highest BCUT2D eigenvalue weighted by atomic mass is 79.9. The first kappa shape index (κ1) is 12.4. The van der Waals surface area contributed by atoms with Crippen molar-refractivity contribution in [3.63, 3.8) is 0 Å². The van der Waals surface area contributed by atoms with Gasteiger partial charge in [-0.25, -0.2) is 4.98 Å². The standard InChI is InChI=1S/C14H17BrN2/c1-3-10(4-2)17-14-12-6-5-7-13(15)11(12)8-9-16-14/h5-10H,3-4H2,1-2H3,(H,16,17). The van der Waals surface area contributed by atoms with Crippen LogP contribution in [0.3, 0.4) is 0 Å². The molecule has 0 aliphatic rings. The SMILES string of the molecule is CCC(CC)Nc1nccc2c(Br)cccc12. The Kier molecular flexibility index (Phi) is 4.00. The molecule has 0 atom stereocenters. The third-order valence-corrected chi connectivity index (χ3v) is 3.77. The Morgan fingerprint density at radius 2 is 1.94 bits per heavy atom. The molecular weight excluding hydrogens is 276 g/mol. The third-order valence-electron chi connectivity index (χ3n) is 3.08. The van der Waals surface area contributed by atoms with Gasteiger partial charge in [-0.2, -0.15) is 0 Å².